The van der Waals surface area contributed by atoms with Crippen molar-refractivity contribution in [2.45, 2.75) is 63.7 Å². The number of fused-ring (bicyclic) bond motifs is 2. The lowest BCUT2D eigenvalue weighted by atomic mass is 9.96. The maximum Gasteiger partial charge on any atom is 0.305 e. The molecule has 3 atom stereocenters. The van der Waals surface area contributed by atoms with Crippen LogP contribution in [-0.2, 0) is 14.3 Å². The van der Waals surface area contributed by atoms with Gasteiger partial charge in [-0.25, -0.2) is 0 Å². The number of guanidine groups is 1. The van der Waals surface area contributed by atoms with E-state index in [1.165, 1.54) is 13.5 Å². The molecular formula is C15H27N3O3. The Morgan fingerprint density at radius 1 is 1.38 bits per heavy atom. The molecule has 0 amide bonds. The number of hydrogen-bond acceptors (Lipinski definition) is 4. The summed E-state index contributed by atoms with van der Waals surface area (Å²) >= 11 is 0. The molecule has 2 heterocycles. The molecule has 6 heteroatoms. The van der Waals surface area contributed by atoms with Gasteiger partial charge in [-0.3, -0.25) is 9.79 Å². The molecule has 2 saturated heterocycles. The minimum absolute atomic E-state index is 0.150. The zero-order valence-electron chi connectivity index (χ0n) is 13.1. The van der Waals surface area contributed by atoms with E-state index in [9.17, 15) is 4.79 Å². The van der Waals surface area contributed by atoms with E-state index in [0.29, 0.717) is 31.2 Å². The van der Waals surface area contributed by atoms with Gasteiger partial charge in [0.05, 0.1) is 25.4 Å². The summed E-state index contributed by atoms with van der Waals surface area (Å²) in [6.45, 7) is 3.62. The van der Waals surface area contributed by atoms with Gasteiger partial charge in [-0.15, -0.1) is 0 Å². The minimum atomic E-state index is -0.150. The number of esters is 1. The number of carbonyl (C=O) groups excluding carboxylic acids is 1. The third kappa shape index (κ3) is 4.88. The summed E-state index contributed by atoms with van der Waals surface area (Å²) in [5.74, 6) is 0.708. The molecule has 0 spiro atoms. The smallest absolute Gasteiger partial charge is 0.305 e. The van der Waals surface area contributed by atoms with Gasteiger partial charge in [0, 0.05) is 19.5 Å². The number of nitrogens with one attached hydrogen (secondary N) is 2. The van der Waals surface area contributed by atoms with E-state index in [1.807, 2.05) is 0 Å². The molecular weight excluding hydrogens is 270 g/mol. The molecule has 0 aliphatic carbocycles. The molecule has 2 aliphatic rings. The number of aliphatic imine (C=N–C) groups is 1. The summed E-state index contributed by atoms with van der Waals surface area (Å²) < 4.78 is 10.5. The van der Waals surface area contributed by atoms with E-state index in [0.717, 1.165) is 38.2 Å². The van der Waals surface area contributed by atoms with Crippen molar-refractivity contribution >= 4 is 11.9 Å². The second-order valence-corrected chi connectivity index (χ2v) is 5.65. The third-order valence-corrected chi connectivity index (χ3v) is 4.06. The zero-order valence-corrected chi connectivity index (χ0v) is 13.1. The van der Waals surface area contributed by atoms with Gasteiger partial charge in [0.25, 0.3) is 0 Å². The number of hydrogen-bond donors (Lipinski definition) is 2. The van der Waals surface area contributed by atoms with Gasteiger partial charge < -0.3 is 20.1 Å². The summed E-state index contributed by atoms with van der Waals surface area (Å²) in [6.07, 6.45) is 6.39. The average Bonchev–Trinajstić information content (AvgIpc) is 3.09. The fraction of sp³-hybridized carbons (Fsp3) is 0.867. The molecule has 2 fully saturated rings. The number of ether oxygens (including phenoxy) is 2. The summed E-state index contributed by atoms with van der Waals surface area (Å²) in [7, 11) is 1.42. The van der Waals surface area contributed by atoms with Gasteiger partial charge in [0.2, 0.25) is 0 Å². The zero-order chi connectivity index (χ0) is 15.1. The number of methoxy groups -OCH3 is 1. The van der Waals surface area contributed by atoms with Crippen LogP contribution < -0.4 is 10.6 Å². The van der Waals surface area contributed by atoms with Crippen LogP contribution >= 0.6 is 0 Å². The molecule has 3 unspecified atom stereocenters. The monoisotopic (exact) mass is 297 g/mol. The van der Waals surface area contributed by atoms with Gasteiger partial charge in [-0.1, -0.05) is 0 Å². The molecule has 21 heavy (non-hydrogen) atoms. The molecule has 2 bridgehead atoms. The van der Waals surface area contributed by atoms with Gasteiger partial charge in [-0.2, -0.15) is 0 Å². The summed E-state index contributed by atoms with van der Waals surface area (Å²) in [5, 5.41) is 6.75. The van der Waals surface area contributed by atoms with Gasteiger partial charge in [-0.05, 0) is 39.0 Å². The Hall–Kier alpha value is -1.30. The van der Waals surface area contributed by atoms with Gasteiger partial charge in [0.1, 0.15) is 0 Å². The molecule has 0 aromatic carbocycles. The normalized spacial score (nSPS) is 27.7. The lowest BCUT2D eigenvalue weighted by molar-refractivity contribution is -0.140. The van der Waals surface area contributed by atoms with Crippen molar-refractivity contribution < 1.29 is 14.3 Å². The van der Waals surface area contributed by atoms with Crippen LogP contribution in [0.4, 0.5) is 0 Å². The first kappa shape index (κ1) is 16.1. The Balaban J connectivity index is 1.70. The second-order valence-electron chi connectivity index (χ2n) is 5.65. The SMILES string of the molecule is CCNC(=NCCCCC(=O)OC)NC1CC2CCC1O2. The lowest BCUT2D eigenvalue weighted by Crippen LogP contribution is -2.47. The van der Waals surface area contributed by atoms with Crippen molar-refractivity contribution in [2.24, 2.45) is 4.99 Å². The molecule has 0 radical (unpaired) electrons. The van der Waals surface area contributed by atoms with E-state index in [2.05, 4.69) is 27.3 Å². The maximum atomic E-state index is 11.0. The average molecular weight is 297 g/mol. The van der Waals surface area contributed by atoms with E-state index in [-0.39, 0.29) is 5.97 Å². The molecule has 6 nitrogen and oxygen atoms in total. The standard InChI is InChI=1S/C15H27N3O3/c1-3-16-15(17-9-5-4-6-14(19)20-2)18-12-10-11-7-8-13(12)21-11/h11-13H,3-10H2,1-2H3,(H2,16,17,18). The van der Waals surface area contributed by atoms with E-state index in [4.69, 9.17) is 4.74 Å². The predicted octanol–water partition coefficient (Wildman–Crippen LogP) is 1.20. The number of unbranched alkanes of at least 4 members (excludes halogenated alkanes) is 1. The van der Waals surface area contributed by atoms with Crippen LogP contribution in [-0.4, -0.2) is 50.4 Å². The van der Waals surface area contributed by atoms with Crippen LogP contribution in [0.1, 0.15) is 45.4 Å². The summed E-state index contributed by atoms with van der Waals surface area (Å²) in [5.41, 5.74) is 0. The van der Waals surface area contributed by atoms with E-state index >= 15 is 0 Å². The van der Waals surface area contributed by atoms with Crippen molar-refractivity contribution in [3.8, 4) is 0 Å². The van der Waals surface area contributed by atoms with Crippen molar-refractivity contribution in [1.29, 1.82) is 0 Å². The Morgan fingerprint density at radius 2 is 2.24 bits per heavy atom. The highest BCUT2D eigenvalue weighted by Gasteiger charge is 2.41. The Kier molecular flexibility index (Phi) is 6.29. The van der Waals surface area contributed by atoms with Crippen LogP contribution in [0.15, 0.2) is 4.99 Å². The second kappa shape index (κ2) is 8.22. The molecule has 2 rings (SSSR count). The number of nitrogens with zero attached hydrogens (tertiary/aromatic N) is 1. The van der Waals surface area contributed by atoms with Crippen molar-refractivity contribution in [3.05, 3.63) is 0 Å². The fourth-order valence-corrected chi connectivity index (χ4v) is 2.96. The van der Waals surface area contributed by atoms with Crippen LogP contribution in [0.5, 0.6) is 0 Å². The number of rotatable bonds is 7. The summed E-state index contributed by atoms with van der Waals surface area (Å²) in [4.78, 5) is 15.6. The van der Waals surface area contributed by atoms with Crippen LogP contribution in [0.2, 0.25) is 0 Å². The highest BCUT2D eigenvalue weighted by atomic mass is 16.5. The molecule has 0 saturated carbocycles. The molecule has 0 aromatic heterocycles. The lowest BCUT2D eigenvalue weighted by Gasteiger charge is -2.22. The Morgan fingerprint density at radius 3 is 2.86 bits per heavy atom. The van der Waals surface area contributed by atoms with Crippen LogP contribution in [0.25, 0.3) is 0 Å². The Bertz CT molecular complexity index is 373. The quantitative estimate of drug-likeness (QED) is 0.320. The van der Waals surface area contributed by atoms with E-state index < -0.39 is 0 Å². The number of carbonyl (C=O) groups is 1. The highest BCUT2D eigenvalue weighted by molar-refractivity contribution is 5.80. The van der Waals surface area contributed by atoms with Crippen molar-refractivity contribution in [3.63, 3.8) is 0 Å². The van der Waals surface area contributed by atoms with Crippen LogP contribution in [0, 0.1) is 0 Å². The maximum absolute atomic E-state index is 11.0. The molecule has 2 aliphatic heterocycles. The largest absolute Gasteiger partial charge is 0.469 e. The fourth-order valence-electron chi connectivity index (χ4n) is 2.96. The van der Waals surface area contributed by atoms with Crippen molar-refractivity contribution in [2.75, 3.05) is 20.2 Å². The minimum Gasteiger partial charge on any atom is -0.469 e. The topological polar surface area (TPSA) is 72.0 Å². The van der Waals surface area contributed by atoms with Gasteiger partial charge in [0.15, 0.2) is 5.96 Å². The summed E-state index contributed by atoms with van der Waals surface area (Å²) in [6, 6.07) is 0.386. The first-order valence-electron chi connectivity index (χ1n) is 8.00. The van der Waals surface area contributed by atoms with E-state index in [1.54, 1.807) is 0 Å². The third-order valence-electron chi connectivity index (χ3n) is 4.06. The highest BCUT2D eigenvalue weighted by Crippen LogP contribution is 2.34. The molecule has 0 aromatic rings. The first-order chi connectivity index (χ1) is 10.2. The first-order valence-corrected chi connectivity index (χ1v) is 8.00. The Labute approximate surface area is 126 Å². The van der Waals surface area contributed by atoms with Crippen LogP contribution in [0.3, 0.4) is 0 Å². The molecule has 2 N–H and O–H groups in total. The van der Waals surface area contributed by atoms with Gasteiger partial charge >= 0.3 is 5.97 Å². The predicted molar refractivity (Wildman–Crippen MR) is 81.3 cm³/mol. The molecule has 120 valence electrons. The van der Waals surface area contributed by atoms with Crippen molar-refractivity contribution in [1.82, 2.24) is 10.6 Å².